The van der Waals surface area contributed by atoms with Crippen molar-refractivity contribution in [1.82, 2.24) is 4.90 Å². The van der Waals surface area contributed by atoms with Gasteiger partial charge in [-0.1, -0.05) is 29.3 Å². The first kappa shape index (κ1) is 17.1. The van der Waals surface area contributed by atoms with Gasteiger partial charge in [-0.15, -0.1) is 12.4 Å². The van der Waals surface area contributed by atoms with Crippen LogP contribution in [0.5, 0.6) is 0 Å². The highest BCUT2D eigenvalue weighted by molar-refractivity contribution is 6.35. The summed E-state index contributed by atoms with van der Waals surface area (Å²) in [6, 6.07) is 5.94. The molecule has 1 aliphatic rings. The maximum atomic E-state index is 6.21. The normalized spacial score (nSPS) is 21.8. The van der Waals surface area contributed by atoms with Gasteiger partial charge < -0.3 is 5.73 Å². The number of hydrogen-bond donors (Lipinski definition) is 1. The number of rotatable bonds is 3. The molecular formula is C14H21Cl3N2. The molecule has 2 rings (SSSR count). The summed E-state index contributed by atoms with van der Waals surface area (Å²) in [6.07, 6.45) is 2.43. The highest BCUT2D eigenvalue weighted by Gasteiger charge is 2.23. The Morgan fingerprint density at radius 1 is 1.37 bits per heavy atom. The molecule has 2 nitrogen and oxygen atoms in total. The lowest BCUT2D eigenvalue weighted by molar-refractivity contribution is 0.154. The number of likely N-dealkylation sites (tertiary alicyclic amines) is 1. The lowest BCUT2D eigenvalue weighted by atomic mass is 9.92. The van der Waals surface area contributed by atoms with Crippen LogP contribution in [0.25, 0.3) is 0 Å². The molecule has 0 radical (unpaired) electrons. The summed E-state index contributed by atoms with van der Waals surface area (Å²) in [6.45, 7) is 5.06. The van der Waals surface area contributed by atoms with Crippen molar-refractivity contribution >= 4 is 35.6 Å². The second-order valence-electron chi connectivity index (χ2n) is 5.20. The van der Waals surface area contributed by atoms with Crippen LogP contribution < -0.4 is 5.73 Å². The van der Waals surface area contributed by atoms with Gasteiger partial charge in [0.1, 0.15) is 0 Å². The number of benzene rings is 1. The van der Waals surface area contributed by atoms with E-state index in [1.807, 2.05) is 18.2 Å². The molecule has 2 atom stereocenters. The number of hydrogen-bond acceptors (Lipinski definition) is 2. The van der Waals surface area contributed by atoms with E-state index in [9.17, 15) is 0 Å². The van der Waals surface area contributed by atoms with Crippen LogP contribution in [0.1, 0.15) is 25.3 Å². The van der Waals surface area contributed by atoms with Crippen molar-refractivity contribution in [2.75, 3.05) is 13.1 Å². The van der Waals surface area contributed by atoms with Crippen molar-refractivity contribution in [2.24, 2.45) is 11.7 Å². The molecular weight excluding hydrogens is 303 g/mol. The number of halogens is 3. The third kappa shape index (κ3) is 4.51. The summed E-state index contributed by atoms with van der Waals surface area (Å²) in [4.78, 5) is 2.41. The largest absolute Gasteiger partial charge is 0.328 e. The summed E-state index contributed by atoms with van der Waals surface area (Å²) < 4.78 is 0. The van der Waals surface area contributed by atoms with Crippen LogP contribution in [0, 0.1) is 5.92 Å². The molecule has 1 heterocycles. The minimum Gasteiger partial charge on any atom is -0.328 e. The van der Waals surface area contributed by atoms with Crippen LogP contribution in [0.2, 0.25) is 10.0 Å². The first-order valence-corrected chi connectivity index (χ1v) is 7.24. The predicted molar refractivity (Wildman–Crippen MR) is 85.4 cm³/mol. The zero-order valence-corrected chi connectivity index (χ0v) is 13.4. The standard InChI is InChI=1S/C14H20Cl2N2.ClH/c1-10(17)11-4-3-7-18(8-11)9-12-13(15)5-2-6-14(12)16;/h2,5-6,10-11H,3-4,7-9,17H2,1H3;1H. The molecule has 0 spiro atoms. The van der Waals surface area contributed by atoms with Crippen molar-refractivity contribution in [3.8, 4) is 0 Å². The Kier molecular flexibility index (Phi) is 6.92. The van der Waals surface area contributed by atoms with Crippen molar-refractivity contribution in [3.05, 3.63) is 33.8 Å². The van der Waals surface area contributed by atoms with Gasteiger partial charge in [-0.3, -0.25) is 4.90 Å². The van der Waals surface area contributed by atoms with Gasteiger partial charge in [0.05, 0.1) is 0 Å². The smallest absolute Gasteiger partial charge is 0.0465 e. The fourth-order valence-electron chi connectivity index (χ4n) is 2.57. The van der Waals surface area contributed by atoms with Crippen molar-refractivity contribution < 1.29 is 0 Å². The van der Waals surface area contributed by atoms with Crippen LogP contribution in [0.3, 0.4) is 0 Å². The molecule has 19 heavy (non-hydrogen) atoms. The maximum Gasteiger partial charge on any atom is 0.0465 e. The van der Waals surface area contributed by atoms with Crippen LogP contribution in [-0.4, -0.2) is 24.0 Å². The summed E-state index contributed by atoms with van der Waals surface area (Å²) in [7, 11) is 0. The van der Waals surface area contributed by atoms with Gasteiger partial charge in [0, 0.05) is 34.7 Å². The topological polar surface area (TPSA) is 29.3 Å². The molecule has 1 saturated heterocycles. The van der Waals surface area contributed by atoms with Gasteiger partial charge >= 0.3 is 0 Å². The van der Waals surface area contributed by atoms with Gasteiger partial charge in [0.25, 0.3) is 0 Å². The average molecular weight is 324 g/mol. The molecule has 1 aromatic rings. The summed E-state index contributed by atoms with van der Waals surface area (Å²) in [5, 5.41) is 1.51. The van der Waals surface area contributed by atoms with Gasteiger partial charge in [0.15, 0.2) is 0 Å². The molecule has 0 aromatic heterocycles. The highest BCUT2D eigenvalue weighted by atomic mass is 35.5. The van der Waals surface area contributed by atoms with E-state index in [-0.39, 0.29) is 18.4 Å². The predicted octanol–water partition coefficient (Wildman–Crippen LogP) is 3.97. The van der Waals surface area contributed by atoms with E-state index >= 15 is 0 Å². The summed E-state index contributed by atoms with van der Waals surface area (Å²) >= 11 is 12.4. The maximum absolute atomic E-state index is 6.21. The van der Waals surface area contributed by atoms with E-state index in [1.54, 1.807) is 0 Å². The average Bonchev–Trinajstić information content (AvgIpc) is 2.34. The Bertz CT molecular complexity index is 389. The SMILES string of the molecule is CC(N)C1CCCN(Cc2c(Cl)cccc2Cl)C1.Cl. The molecule has 1 aliphatic heterocycles. The molecule has 2 unspecified atom stereocenters. The third-order valence-corrected chi connectivity index (χ3v) is 4.44. The molecule has 108 valence electrons. The van der Waals surface area contributed by atoms with E-state index in [1.165, 1.54) is 12.8 Å². The quantitative estimate of drug-likeness (QED) is 0.912. The first-order valence-electron chi connectivity index (χ1n) is 6.48. The Balaban J connectivity index is 0.00000180. The second-order valence-corrected chi connectivity index (χ2v) is 6.01. The Hall–Kier alpha value is 0.01000. The molecule has 2 N–H and O–H groups in total. The fourth-order valence-corrected chi connectivity index (χ4v) is 3.09. The fraction of sp³-hybridized carbons (Fsp3) is 0.571. The molecule has 0 amide bonds. The van der Waals surface area contributed by atoms with Gasteiger partial charge in [-0.2, -0.15) is 0 Å². The van der Waals surface area contributed by atoms with Crippen molar-refractivity contribution in [1.29, 1.82) is 0 Å². The van der Waals surface area contributed by atoms with Crippen molar-refractivity contribution in [3.63, 3.8) is 0 Å². The van der Waals surface area contributed by atoms with Crippen LogP contribution >= 0.6 is 35.6 Å². The van der Waals surface area contributed by atoms with E-state index in [0.29, 0.717) is 5.92 Å². The molecule has 0 aliphatic carbocycles. The zero-order valence-electron chi connectivity index (χ0n) is 11.1. The van der Waals surface area contributed by atoms with E-state index < -0.39 is 0 Å². The van der Waals surface area contributed by atoms with Crippen LogP contribution in [-0.2, 0) is 6.54 Å². The Labute approximate surface area is 131 Å². The van der Waals surface area contributed by atoms with Crippen LogP contribution in [0.15, 0.2) is 18.2 Å². The van der Waals surface area contributed by atoms with Crippen LogP contribution in [0.4, 0.5) is 0 Å². The molecule has 1 fully saturated rings. The zero-order chi connectivity index (χ0) is 13.1. The summed E-state index contributed by atoms with van der Waals surface area (Å²) in [5.41, 5.74) is 7.04. The number of nitrogens with two attached hydrogens (primary N) is 1. The lowest BCUT2D eigenvalue weighted by Gasteiger charge is -2.34. The van der Waals surface area contributed by atoms with E-state index in [4.69, 9.17) is 28.9 Å². The molecule has 0 bridgehead atoms. The minimum atomic E-state index is 0. The third-order valence-electron chi connectivity index (χ3n) is 3.73. The minimum absolute atomic E-state index is 0. The molecule has 5 heteroatoms. The monoisotopic (exact) mass is 322 g/mol. The summed E-state index contributed by atoms with van der Waals surface area (Å²) in [5.74, 6) is 0.583. The molecule has 1 aromatic carbocycles. The lowest BCUT2D eigenvalue weighted by Crippen LogP contribution is -2.42. The Morgan fingerprint density at radius 3 is 2.58 bits per heavy atom. The van der Waals surface area contributed by atoms with Crippen molar-refractivity contribution in [2.45, 2.75) is 32.4 Å². The highest BCUT2D eigenvalue weighted by Crippen LogP contribution is 2.28. The van der Waals surface area contributed by atoms with Gasteiger partial charge in [-0.25, -0.2) is 0 Å². The van der Waals surface area contributed by atoms with Gasteiger partial charge in [-0.05, 0) is 44.4 Å². The van der Waals surface area contributed by atoms with Gasteiger partial charge in [0.2, 0.25) is 0 Å². The van der Waals surface area contributed by atoms with E-state index in [0.717, 1.165) is 35.2 Å². The molecule has 0 saturated carbocycles. The number of nitrogens with zero attached hydrogens (tertiary/aromatic N) is 1. The first-order chi connectivity index (χ1) is 8.58. The Morgan fingerprint density at radius 2 is 2.00 bits per heavy atom. The second kappa shape index (κ2) is 7.70. The van der Waals surface area contributed by atoms with E-state index in [2.05, 4.69) is 11.8 Å². The number of piperidine rings is 1.